The maximum absolute atomic E-state index is 12.1. The molecule has 0 aromatic heterocycles. The van der Waals surface area contributed by atoms with Crippen molar-refractivity contribution in [1.82, 2.24) is 0 Å². The monoisotopic (exact) mass is 364 g/mol. The first-order valence-electron chi connectivity index (χ1n) is 8.62. The molecular formula is C19H24O7. The number of carbonyl (C=O) groups is 1. The summed E-state index contributed by atoms with van der Waals surface area (Å²) < 4.78 is 28.1. The fourth-order valence-corrected chi connectivity index (χ4v) is 3.10. The van der Waals surface area contributed by atoms with E-state index in [4.69, 9.17) is 23.7 Å². The third-order valence-electron chi connectivity index (χ3n) is 4.43. The molecule has 6 atom stereocenters. The van der Waals surface area contributed by atoms with Crippen LogP contribution in [0.1, 0.15) is 24.7 Å². The summed E-state index contributed by atoms with van der Waals surface area (Å²) in [6.45, 7) is 3.82. The number of fused-ring (bicyclic) bond motifs is 1. The minimum Gasteiger partial charge on any atom is -0.456 e. The SMILES string of the molecule is C=CCCC(=O)O[C@@H]1[C@@H](O)[C@@H](OC)O[C@@H]2COC(c3ccccc3)O[C@@H]12. The van der Waals surface area contributed by atoms with E-state index in [0.717, 1.165) is 5.56 Å². The van der Waals surface area contributed by atoms with Crippen LogP contribution in [0.5, 0.6) is 0 Å². The van der Waals surface area contributed by atoms with E-state index in [1.807, 2.05) is 30.3 Å². The third kappa shape index (κ3) is 4.13. The highest BCUT2D eigenvalue weighted by atomic mass is 16.8. The van der Waals surface area contributed by atoms with Crippen LogP contribution < -0.4 is 0 Å². The number of carbonyl (C=O) groups excluding carboxylic acids is 1. The second kappa shape index (κ2) is 8.75. The summed E-state index contributed by atoms with van der Waals surface area (Å²) in [5, 5.41) is 10.5. The van der Waals surface area contributed by atoms with Gasteiger partial charge in [-0.3, -0.25) is 4.79 Å². The Labute approximate surface area is 152 Å². The van der Waals surface area contributed by atoms with Crippen molar-refractivity contribution in [1.29, 1.82) is 0 Å². The zero-order valence-electron chi connectivity index (χ0n) is 14.7. The second-order valence-corrected chi connectivity index (χ2v) is 6.23. The maximum Gasteiger partial charge on any atom is 0.306 e. The van der Waals surface area contributed by atoms with E-state index in [-0.39, 0.29) is 13.0 Å². The second-order valence-electron chi connectivity index (χ2n) is 6.23. The molecule has 2 aliphatic rings. The topological polar surface area (TPSA) is 83.5 Å². The fourth-order valence-electron chi connectivity index (χ4n) is 3.10. The fraction of sp³-hybridized carbons (Fsp3) is 0.526. The largest absolute Gasteiger partial charge is 0.456 e. The first-order chi connectivity index (χ1) is 12.6. The first kappa shape index (κ1) is 19.0. The van der Waals surface area contributed by atoms with Crippen LogP contribution in [0.15, 0.2) is 43.0 Å². The van der Waals surface area contributed by atoms with Crippen molar-refractivity contribution in [2.45, 2.75) is 49.8 Å². The molecule has 2 saturated heterocycles. The number of methoxy groups -OCH3 is 1. The van der Waals surface area contributed by atoms with E-state index in [1.54, 1.807) is 6.08 Å². The molecular weight excluding hydrogens is 340 g/mol. The molecule has 2 heterocycles. The van der Waals surface area contributed by atoms with E-state index < -0.39 is 43.0 Å². The first-order valence-corrected chi connectivity index (χ1v) is 8.62. The Bertz CT molecular complexity index is 605. The Hall–Kier alpha value is -1.77. The number of hydrogen-bond donors (Lipinski definition) is 1. The van der Waals surface area contributed by atoms with Crippen LogP contribution in [-0.4, -0.2) is 55.5 Å². The normalized spacial score (nSPS) is 33.9. The van der Waals surface area contributed by atoms with Crippen molar-refractivity contribution in [2.75, 3.05) is 13.7 Å². The standard InChI is InChI=1S/C19H24O7/c1-3-4-10-14(20)25-17-15(21)19(22-2)24-13-11-23-18(26-16(13)17)12-8-6-5-7-9-12/h3,5-9,13,15-19,21H,1,4,10-11H2,2H3/t13-,15-,16-,17-,18?,19+/m1/s1. The molecule has 2 fully saturated rings. The smallest absolute Gasteiger partial charge is 0.306 e. The van der Waals surface area contributed by atoms with Gasteiger partial charge in [0.25, 0.3) is 0 Å². The number of aliphatic hydroxyl groups excluding tert-OH is 1. The minimum absolute atomic E-state index is 0.182. The number of hydrogen-bond acceptors (Lipinski definition) is 7. The summed E-state index contributed by atoms with van der Waals surface area (Å²) in [6.07, 6.45) is -2.48. The predicted octanol–water partition coefficient (Wildman–Crippen LogP) is 1.71. The van der Waals surface area contributed by atoms with Gasteiger partial charge >= 0.3 is 5.97 Å². The van der Waals surface area contributed by atoms with Gasteiger partial charge in [-0.25, -0.2) is 0 Å². The van der Waals surface area contributed by atoms with Gasteiger partial charge in [-0.2, -0.15) is 0 Å². The van der Waals surface area contributed by atoms with Gasteiger partial charge in [0.05, 0.1) is 6.61 Å². The molecule has 1 N–H and O–H groups in total. The number of aliphatic hydroxyl groups is 1. The predicted molar refractivity (Wildman–Crippen MR) is 91.0 cm³/mol. The molecule has 3 rings (SSSR count). The zero-order chi connectivity index (χ0) is 18.5. The van der Waals surface area contributed by atoms with Gasteiger partial charge in [0.15, 0.2) is 18.7 Å². The highest BCUT2D eigenvalue weighted by molar-refractivity contribution is 5.69. The molecule has 2 aliphatic heterocycles. The van der Waals surface area contributed by atoms with Crippen molar-refractivity contribution in [3.63, 3.8) is 0 Å². The van der Waals surface area contributed by atoms with Gasteiger partial charge < -0.3 is 28.8 Å². The van der Waals surface area contributed by atoms with Gasteiger partial charge in [-0.1, -0.05) is 36.4 Å². The summed E-state index contributed by atoms with van der Waals surface area (Å²) in [5.41, 5.74) is 0.839. The highest BCUT2D eigenvalue weighted by Crippen LogP contribution is 2.35. The Kier molecular flexibility index (Phi) is 6.39. The van der Waals surface area contributed by atoms with E-state index in [2.05, 4.69) is 6.58 Å². The molecule has 142 valence electrons. The molecule has 0 aliphatic carbocycles. The molecule has 7 heteroatoms. The van der Waals surface area contributed by atoms with E-state index in [0.29, 0.717) is 6.42 Å². The number of esters is 1. The lowest BCUT2D eigenvalue weighted by atomic mass is 9.97. The van der Waals surface area contributed by atoms with Crippen LogP contribution in [0.4, 0.5) is 0 Å². The lowest BCUT2D eigenvalue weighted by Crippen LogP contribution is -2.63. The molecule has 0 amide bonds. The summed E-state index contributed by atoms with van der Waals surface area (Å²) in [4.78, 5) is 12.1. The average Bonchev–Trinajstić information content (AvgIpc) is 2.68. The van der Waals surface area contributed by atoms with Gasteiger partial charge in [-0.05, 0) is 6.42 Å². The van der Waals surface area contributed by atoms with Crippen LogP contribution in [0.2, 0.25) is 0 Å². The quantitative estimate of drug-likeness (QED) is 0.608. The van der Waals surface area contributed by atoms with Crippen LogP contribution >= 0.6 is 0 Å². The summed E-state index contributed by atoms with van der Waals surface area (Å²) in [7, 11) is 1.42. The molecule has 0 spiro atoms. The lowest BCUT2D eigenvalue weighted by Gasteiger charge is -2.47. The molecule has 0 saturated carbocycles. The van der Waals surface area contributed by atoms with Crippen LogP contribution in [-0.2, 0) is 28.5 Å². The zero-order valence-corrected chi connectivity index (χ0v) is 14.7. The number of benzene rings is 1. The maximum atomic E-state index is 12.1. The lowest BCUT2D eigenvalue weighted by molar-refractivity contribution is -0.358. The number of ether oxygens (including phenoxy) is 5. The highest BCUT2D eigenvalue weighted by Gasteiger charge is 2.51. The Balaban J connectivity index is 1.76. The third-order valence-corrected chi connectivity index (χ3v) is 4.43. The van der Waals surface area contributed by atoms with Gasteiger partial charge in [0.2, 0.25) is 0 Å². The Morgan fingerprint density at radius 3 is 2.81 bits per heavy atom. The van der Waals surface area contributed by atoms with Crippen molar-refractivity contribution in [2.24, 2.45) is 0 Å². The summed E-state index contributed by atoms with van der Waals surface area (Å²) >= 11 is 0. The molecule has 26 heavy (non-hydrogen) atoms. The molecule has 0 radical (unpaired) electrons. The van der Waals surface area contributed by atoms with Gasteiger partial charge in [0, 0.05) is 19.1 Å². The van der Waals surface area contributed by atoms with Crippen LogP contribution in [0, 0.1) is 0 Å². The van der Waals surface area contributed by atoms with Crippen molar-refractivity contribution >= 4 is 5.97 Å². The molecule has 0 bridgehead atoms. The van der Waals surface area contributed by atoms with Crippen LogP contribution in [0.3, 0.4) is 0 Å². The summed E-state index contributed by atoms with van der Waals surface area (Å²) in [5.74, 6) is -0.434. The Morgan fingerprint density at radius 1 is 1.35 bits per heavy atom. The average molecular weight is 364 g/mol. The van der Waals surface area contributed by atoms with Gasteiger partial charge in [0.1, 0.15) is 18.3 Å². The molecule has 1 aromatic carbocycles. The minimum atomic E-state index is -1.16. The van der Waals surface area contributed by atoms with Crippen molar-refractivity contribution in [3.8, 4) is 0 Å². The number of rotatable bonds is 6. The summed E-state index contributed by atoms with van der Waals surface area (Å²) in [6, 6.07) is 9.43. The Morgan fingerprint density at radius 2 is 2.12 bits per heavy atom. The van der Waals surface area contributed by atoms with Crippen molar-refractivity contribution in [3.05, 3.63) is 48.6 Å². The molecule has 7 nitrogen and oxygen atoms in total. The van der Waals surface area contributed by atoms with Gasteiger partial charge in [-0.15, -0.1) is 6.58 Å². The number of allylic oxidation sites excluding steroid dienone is 1. The molecule has 1 aromatic rings. The van der Waals surface area contributed by atoms with E-state index in [1.165, 1.54) is 7.11 Å². The van der Waals surface area contributed by atoms with E-state index in [9.17, 15) is 9.90 Å². The molecule has 1 unspecified atom stereocenters. The van der Waals surface area contributed by atoms with Crippen LogP contribution in [0.25, 0.3) is 0 Å². The van der Waals surface area contributed by atoms with E-state index >= 15 is 0 Å². The van der Waals surface area contributed by atoms with Crippen molar-refractivity contribution < 1.29 is 33.6 Å².